The molecule has 39 heavy (non-hydrogen) atoms. The smallest absolute Gasteiger partial charge is 0.0482 e. The molecule has 0 aromatic heterocycles. The van der Waals surface area contributed by atoms with Crippen LogP contribution in [-0.4, -0.2) is 6.04 Å². The van der Waals surface area contributed by atoms with Crippen LogP contribution in [-0.2, 0) is 6.42 Å². The van der Waals surface area contributed by atoms with Gasteiger partial charge in [0.2, 0.25) is 0 Å². The highest BCUT2D eigenvalue weighted by molar-refractivity contribution is 5.75. The lowest BCUT2D eigenvalue weighted by Crippen LogP contribution is -2.17. The number of allylic oxidation sites excluding steroid dienone is 5. The number of rotatable bonds is 10. The third-order valence-corrected chi connectivity index (χ3v) is 6.87. The van der Waals surface area contributed by atoms with Crippen molar-refractivity contribution >= 4 is 16.9 Å². The van der Waals surface area contributed by atoms with Gasteiger partial charge < -0.3 is 10.6 Å². The van der Waals surface area contributed by atoms with Gasteiger partial charge in [-0.15, -0.1) is 0 Å². The van der Waals surface area contributed by atoms with Crippen molar-refractivity contribution < 1.29 is 0 Å². The Balaban J connectivity index is 1.14. The van der Waals surface area contributed by atoms with Gasteiger partial charge in [-0.2, -0.15) is 0 Å². The van der Waals surface area contributed by atoms with Gasteiger partial charge in [-0.1, -0.05) is 122 Å². The van der Waals surface area contributed by atoms with Crippen LogP contribution in [0.1, 0.15) is 30.9 Å². The predicted octanol–water partition coefficient (Wildman–Crippen LogP) is 9.68. The van der Waals surface area contributed by atoms with E-state index in [2.05, 4.69) is 145 Å². The summed E-state index contributed by atoms with van der Waals surface area (Å²) in [6.45, 7) is 2.16. The van der Waals surface area contributed by atoms with E-state index in [9.17, 15) is 0 Å². The summed E-state index contributed by atoms with van der Waals surface area (Å²) in [5.74, 6) is 0. The molecule has 0 fully saturated rings. The van der Waals surface area contributed by atoms with E-state index in [1.807, 2.05) is 18.2 Å². The van der Waals surface area contributed by atoms with Gasteiger partial charge in [0.25, 0.3) is 0 Å². The molecule has 1 aliphatic rings. The summed E-state index contributed by atoms with van der Waals surface area (Å²) in [5, 5.41) is 7.15. The molecule has 1 unspecified atom stereocenters. The second kappa shape index (κ2) is 13.3. The molecule has 4 aromatic rings. The summed E-state index contributed by atoms with van der Waals surface area (Å²) >= 11 is 0. The van der Waals surface area contributed by atoms with E-state index < -0.39 is 0 Å². The van der Waals surface area contributed by atoms with Crippen molar-refractivity contribution in [2.24, 2.45) is 0 Å². The lowest BCUT2D eigenvalue weighted by atomic mass is 9.97. The Morgan fingerprint density at radius 1 is 0.744 bits per heavy atom. The fourth-order valence-corrected chi connectivity index (χ4v) is 4.77. The lowest BCUT2D eigenvalue weighted by molar-refractivity contribution is 0.886. The minimum absolute atomic E-state index is 0.311. The van der Waals surface area contributed by atoms with Crippen LogP contribution in [0.5, 0.6) is 0 Å². The van der Waals surface area contributed by atoms with Crippen molar-refractivity contribution in [1.82, 2.24) is 0 Å². The second-order valence-corrected chi connectivity index (χ2v) is 9.81. The Bertz CT molecular complexity index is 1440. The number of benzene rings is 4. The maximum Gasteiger partial charge on any atom is 0.0482 e. The average Bonchev–Trinajstić information content (AvgIpc) is 2.99. The molecule has 2 N–H and O–H groups in total. The minimum atomic E-state index is 0.311. The molecule has 0 bridgehead atoms. The second-order valence-electron chi connectivity index (χ2n) is 9.81. The quantitative estimate of drug-likeness (QED) is 0.208. The molecule has 0 aliphatic heterocycles. The summed E-state index contributed by atoms with van der Waals surface area (Å²) in [6, 6.07) is 38.8. The minimum Gasteiger partial charge on any atom is -0.379 e. The third-order valence-electron chi connectivity index (χ3n) is 6.87. The number of hydrogen-bond acceptors (Lipinski definition) is 2. The lowest BCUT2D eigenvalue weighted by Gasteiger charge is -2.19. The fourth-order valence-electron chi connectivity index (χ4n) is 4.77. The van der Waals surface area contributed by atoms with E-state index in [1.165, 1.54) is 27.8 Å². The highest BCUT2D eigenvalue weighted by Crippen LogP contribution is 2.25. The molecule has 0 heterocycles. The van der Waals surface area contributed by atoms with E-state index in [0.29, 0.717) is 6.04 Å². The van der Waals surface area contributed by atoms with E-state index in [1.54, 1.807) is 0 Å². The fraction of sp³-hybridized carbons (Fsp3) is 0.135. The molecular weight excluding hydrogens is 472 g/mol. The highest BCUT2D eigenvalue weighted by Gasteiger charge is 2.10. The number of hydrogen-bond donors (Lipinski definition) is 2. The highest BCUT2D eigenvalue weighted by atomic mass is 14.9. The van der Waals surface area contributed by atoms with Crippen LogP contribution in [0.25, 0.3) is 16.7 Å². The maximum atomic E-state index is 3.65. The summed E-state index contributed by atoms with van der Waals surface area (Å²) in [4.78, 5) is 0. The summed E-state index contributed by atoms with van der Waals surface area (Å²) in [6.07, 6.45) is 16.3. The van der Waals surface area contributed by atoms with Crippen molar-refractivity contribution in [3.05, 3.63) is 162 Å². The largest absolute Gasteiger partial charge is 0.379 e. The first-order valence-corrected chi connectivity index (χ1v) is 13.9. The first-order valence-electron chi connectivity index (χ1n) is 13.9. The monoisotopic (exact) mass is 508 g/mol. The van der Waals surface area contributed by atoms with Crippen LogP contribution in [0, 0.1) is 0 Å². The molecule has 0 spiro atoms. The van der Waals surface area contributed by atoms with E-state index in [4.69, 9.17) is 0 Å². The van der Waals surface area contributed by atoms with Crippen LogP contribution in [0.15, 0.2) is 151 Å². The van der Waals surface area contributed by atoms with Gasteiger partial charge in [0.15, 0.2) is 0 Å². The molecule has 2 heteroatoms. The van der Waals surface area contributed by atoms with Crippen molar-refractivity contribution in [1.29, 1.82) is 0 Å². The maximum absolute atomic E-state index is 3.65. The van der Waals surface area contributed by atoms with Gasteiger partial charge in [0, 0.05) is 23.1 Å². The van der Waals surface area contributed by atoms with Gasteiger partial charge in [-0.3, -0.25) is 0 Å². The number of anilines is 2. The molecular formula is C37H36N2. The van der Waals surface area contributed by atoms with E-state index >= 15 is 0 Å². The Kier molecular flexibility index (Phi) is 8.89. The van der Waals surface area contributed by atoms with Crippen molar-refractivity contribution in [3.63, 3.8) is 0 Å². The third kappa shape index (κ3) is 7.49. The van der Waals surface area contributed by atoms with Crippen molar-refractivity contribution in [2.45, 2.75) is 32.2 Å². The van der Waals surface area contributed by atoms with Gasteiger partial charge in [0.1, 0.15) is 0 Å². The Labute approximate surface area is 233 Å². The molecule has 4 aromatic carbocycles. The van der Waals surface area contributed by atoms with Crippen LogP contribution >= 0.6 is 0 Å². The molecule has 1 aliphatic carbocycles. The van der Waals surface area contributed by atoms with E-state index in [0.717, 1.165) is 36.3 Å². The molecule has 1 atom stereocenters. The van der Waals surface area contributed by atoms with E-state index in [-0.39, 0.29) is 0 Å². The van der Waals surface area contributed by atoms with Crippen LogP contribution in [0.4, 0.5) is 11.4 Å². The zero-order valence-electron chi connectivity index (χ0n) is 22.6. The number of nitrogens with one attached hydrogen (secondary N) is 2. The first-order chi connectivity index (χ1) is 19.3. The van der Waals surface area contributed by atoms with Gasteiger partial charge in [-0.25, -0.2) is 0 Å². The molecule has 0 radical (unpaired) electrons. The molecule has 194 valence electrons. The molecule has 0 saturated heterocycles. The normalized spacial score (nSPS) is 15.3. The molecule has 2 nitrogen and oxygen atoms in total. The average molecular weight is 509 g/mol. The van der Waals surface area contributed by atoms with Crippen LogP contribution in [0.3, 0.4) is 0 Å². The zero-order chi connectivity index (χ0) is 26.7. The van der Waals surface area contributed by atoms with Gasteiger partial charge in [0.05, 0.1) is 0 Å². The van der Waals surface area contributed by atoms with Crippen LogP contribution < -0.4 is 10.6 Å². The van der Waals surface area contributed by atoms with Gasteiger partial charge in [-0.05, 0) is 77.4 Å². The number of para-hydroxylation sites is 1. The zero-order valence-corrected chi connectivity index (χ0v) is 22.6. The Hall–Kier alpha value is -4.56. The molecule has 0 saturated carbocycles. The predicted molar refractivity (Wildman–Crippen MR) is 169 cm³/mol. The summed E-state index contributed by atoms with van der Waals surface area (Å²) < 4.78 is 0. The van der Waals surface area contributed by atoms with Gasteiger partial charge >= 0.3 is 0 Å². The first kappa shape index (κ1) is 26.1. The van der Waals surface area contributed by atoms with Crippen molar-refractivity contribution in [2.75, 3.05) is 10.6 Å². The topological polar surface area (TPSA) is 24.1 Å². The molecule has 5 rings (SSSR count). The standard InChI is InChI=1S/C37H36N2/c1-2-10-34(38-35-14-7-4-8-15-35)16-9-11-29-17-19-31(20-18-29)33-23-27-37(28-24-33)39-36-25-21-32(22-26-36)30-12-5-3-6-13-30/h3-10,12-25,27-28,36,38-39H,2,11,26H2,1H3/b16-9-,34-10+. The SMILES string of the molecule is CC/C=C(\C=C/Cc1ccc(-c2ccc(NC3C=CC(c4ccccc4)=CC3)cc2)cc1)Nc1ccccc1. The summed E-state index contributed by atoms with van der Waals surface area (Å²) in [5.41, 5.74) is 9.72. The Morgan fingerprint density at radius 3 is 2.05 bits per heavy atom. The van der Waals surface area contributed by atoms with Crippen LogP contribution in [0.2, 0.25) is 0 Å². The summed E-state index contributed by atoms with van der Waals surface area (Å²) in [7, 11) is 0. The van der Waals surface area contributed by atoms with Crippen molar-refractivity contribution in [3.8, 4) is 11.1 Å². The Morgan fingerprint density at radius 2 is 1.41 bits per heavy atom. The molecule has 0 amide bonds.